The monoisotopic (exact) mass is 442 g/mol. The van der Waals surface area contributed by atoms with Gasteiger partial charge in [-0.25, -0.2) is 19.6 Å². The number of H-pyrrole nitrogens is 1. The molecule has 0 aliphatic carbocycles. The lowest BCUT2D eigenvalue weighted by molar-refractivity contribution is -0.161. The van der Waals surface area contributed by atoms with Crippen molar-refractivity contribution in [3.8, 4) is 11.4 Å². The van der Waals surface area contributed by atoms with Crippen molar-refractivity contribution in [1.82, 2.24) is 24.9 Å². The molecular weight excluding hydrogens is 424 g/mol. The van der Waals surface area contributed by atoms with E-state index in [2.05, 4.69) is 35.1 Å². The van der Waals surface area contributed by atoms with Crippen LogP contribution in [0.25, 0.3) is 22.3 Å². The van der Waals surface area contributed by atoms with Crippen LogP contribution in [0.15, 0.2) is 54.6 Å². The zero-order valence-electron chi connectivity index (χ0n) is 16.1. The van der Waals surface area contributed by atoms with Crippen LogP contribution in [0, 0.1) is 0 Å². The van der Waals surface area contributed by atoms with E-state index in [0.29, 0.717) is 35.4 Å². The van der Waals surface area contributed by atoms with E-state index in [1.54, 1.807) is 0 Å². The second-order valence-electron chi connectivity index (χ2n) is 6.25. The van der Waals surface area contributed by atoms with E-state index in [1.807, 2.05) is 54.6 Å². The van der Waals surface area contributed by atoms with Crippen molar-refractivity contribution in [1.29, 1.82) is 0 Å². The molecule has 154 valence electrons. The summed E-state index contributed by atoms with van der Waals surface area (Å²) in [6, 6.07) is 17.3. The highest BCUT2D eigenvalue weighted by atomic mass is 35.5. The highest BCUT2D eigenvalue weighted by Crippen LogP contribution is 2.28. The van der Waals surface area contributed by atoms with Gasteiger partial charge in [-0.15, -0.1) is 4.33 Å². The van der Waals surface area contributed by atoms with Gasteiger partial charge in [0.2, 0.25) is 0 Å². The van der Waals surface area contributed by atoms with E-state index in [-0.39, 0.29) is 0 Å². The van der Waals surface area contributed by atoms with Gasteiger partial charge in [0.05, 0.1) is 17.6 Å². The van der Waals surface area contributed by atoms with Gasteiger partial charge in [0.15, 0.2) is 11.6 Å². The Morgan fingerprint density at radius 3 is 2.80 bits per heavy atom. The molecule has 0 radical (unpaired) electrons. The van der Waals surface area contributed by atoms with Gasteiger partial charge in [-0.2, -0.15) is 5.10 Å². The first-order valence-corrected chi connectivity index (χ1v) is 10.3. The van der Waals surface area contributed by atoms with Crippen molar-refractivity contribution < 1.29 is 9.22 Å². The molecule has 0 saturated carbocycles. The number of aromatic amines is 1. The first-order valence-electron chi connectivity index (χ1n) is 9.17. The molecule has 3 N–H and O–H groups in total. The summed E-state index contributed by atoms with van der Waals surface area (Å²) >= 11 is 7.40. The minimum atomic E-state index is 0.543. The Morgan fingerprint density at radius 2 is 1.93 bits per heavy atom. The Balaban J connectivity index is 1.63. The molecule has 0 bridgehead atoms. The maximum absolute atomic E-state index is 6.38. The third-order valence-corrected chi connectivity index (χ3v) is 5.11. The van der Waals surface area contributed by atoms with Crippen LogP contribution < -0.4 is 10.0 Å². The van der Waals surface area contributed by atoms with Crippen molar-refractivity contribution in [2.45, 2.75) is 6.42 Å². The molecule has 2 aromatic heterocycles. The topological polar surface area (TPSA) is 97.0 Å². The summed E-state index contributed by atoms with van der Waals surface area (Å²) in [5, 5.41) is 12.3. The van der Waals surface area contributed by atoms with E-state index < -0.39 is 0 Å². The largest absolute Gasteiger partial charge is 0.323 e. The van der Waals surface area contributed by atoms with Crippen molar-refractivity contribution >= 4 is 46.4 Å². The predicted molar refractivity (Wildman–Crippen MR) is 119 cm³/mol. The number of rotatable bonds is 9. The number of anilines is 2. The Labute approximate surface area is 182 Å². The number of fused-ring (bicyclic) bond motifs is 1. The molecule has 8 nitrogen and oxygen atoms in total. The molecule has 30 heavy (non-hydrogen) atoms. The fourth-order valence-corrected chi connectivity index (χ4v) is 3.43. The van der Waals surface area contributed by atoms with Crippen LogP contribution in [-0.2, 0) is 15.6 Å². The van der Waals surface area contributed by atoms with Gasteiger partial charge in [-0.3, -0.25) is 5.10 Å². The van der Waals surface area contributed by atoms with Crippen LogP contribution in [0.5, 0.6) is 0 Å². The summed E-state index contributed by atoms with van der Waals surface area (Å²) in [5.41, 5.74) is 2.55. The van der Waals surface area contributed by atoms with Gasteiger partial charge >= 0.3 is 0 Å². The van der Waals surface area contributed by atoms with E-state index in [9.17, 15) is 0 Å². The number of nitrogens with zero attached hydrogens (tertiary/aromatic N) is 3. The van der Waals surface area contributed by atoms with Crippen molar-refractivity contribution in [2.75, 3.05) is 19.0 Å². The smallest absolute Gasteiger partial charge is 0.163 e. The van der Waals surface area contributed by atoms with Crippen LogP contribution in [0.2, 0.25) is 5.02 Å². The van der Waals surface area contributed by atoms with Crippen LogP contribution in [0.3, 0.4) is 0 Å². The number of halogens is 1. The lowest BCUT2D eigenvalue weighted by atomic mass is 10.2. The lowest BCUT2D eigenvalue weighted by Crippen LogP contribution is -2.11. The van der Waals surface area contributed by atoms with Gasteiger partial charge in [0.1, 0.15) is 18.0 Å². The molecule has 0 unspecified atom stereocenters. The van der Waals surface area contributed by atoms with Gasteiger partial charge < -0.3 is 5.32 Å². The first kappa shape index (κ1) is 20.6. The third-order valence-electron chi connectivity index (χ3n) is 4.25. The number of benzene rings is 2. The average Bonchev–Trinajstić information content (AvgIpc) is 3.17. The Hall–Kier alpha value is -2.69. The number of nitrogens with one attached hydrogen (secondary N) is 3. The summed E-state index contributed by atoms with van der Waals surface area (Å²) < 4.78 is 7.79. The van der Waals surface area contributed by atoms with Crippen molar-refractivity contribution in [3.63, 3.8) is 0 Å². The summed E-state index contributed by atoms with van der Waals surface area (Å²) in [4.78, 5) is 13.9. The molecular formula is C20H19ClN6O2S. The van der Waals surface area contributed by atoms with Gasteiger partial charge in [-0.1, -0.05) is 35.9 Å². The van der Waals surface area contributed by atoms with Crippen LogP contribution in [0.1, 0.15) is 5.69 Å². The van der Waals surface area contributed by atoms with Crippen LogP contribution in [0.4, 0.5) is 11.6 Å². The highest BCUT2D eigenvalue weighted by molar-refractivity contribution is 7.92. The number of aromatic nitrogens is 4. The van der Waals surface area contributed by atoms with E-state index in [0.717, 1.165) is 34.4 Å². The minimum absolute atomic E-state index is 0.543. The molecule has 0 fully saturated rings. The molecule has 0 atom stereocenters. The molecule has 0 amide bonds. The molecule has 4 rings (SSSR count). The Kier molecular flexibility index (Phi) is 6.77. The second-order valence-corrected chi connectivity index (χ2v) is 7.25. The summed E-state index contributed by atoms with van der Waals surface area (Å²) in [6.45, 7) is 0.623. The third kappa shape index (κ3) is 4.89. The zero-order valence-corrected chi connectivity index (χ0v) is 17.6. The second kappa shape index (κ2) is 9.88. The summed E-state index contributed by atoms with van der Waals surface area (Å²) in [7, 11) is 1.45. The molecule has 0 saturated heterocycles. The van der Waals surface area contributed by atoms with Crippen LogP contribution >= 0.6 is 23.8 Å². The molecule has 0 aliphatic heterocycles. The normalized spacial score (nSPS) is 11.1. The maximum Gasteiger partial charge on any atom is 0.163 e. The molecule has 4 aromatic rings. The maximum atomic E-state index is 6.38. The standard InChI is InChI=1S/C20H19ClN6O2S/c1-28-29-30-22-11-10-13-12-18(24-19(23-13)14-6-2-4-8-16(14)21)25-20-15-7-3-5-9-17(15)26-27-20/h2-9,12,22H,10-11H2,1H3,(H2,23,24,25,26,27). The van der Waals surface area contributed by atoms with E-state index >= 15 is 0 Å². The van der Waals surface area contributed by atoms with Crippen molar-refractivity contribution in [2.24, 2.45) is 0 Å². The van der Waals surface area contributed by atoms with Gasteiger partial charge in [0, 0.05) is 35.7 Å². The lowest BCUT2D eigenvalue weighted by Gasteiger charge is -2.10. The average molecular weight is 443 g/mol. The number of hydrogen-bond donors (Lipinski definition) is 3. The number of hydrogen-bond acceptors (Lipinski definition) is 8. The first-order chi connectivity index (χ1) is 14.7. The van der Waals surface area contributed by atoms with Gasteiger partial charge in [-0.05, 0) is 24.3 Å². The quantitative estimate of drug-likeness (QED) is 0.113. The molecule has 2 aromatic carbocycles. The summed E-state index contributed by atoms with van der Waals surface area (Å²) in [5.74, 6) is 1.87. The predicted octanol–water partition coefficient (Wildman–Crippen LogP) is 4.69. The molecule has 2 heterocycles. The Bertz CT molecular complexity index is 1140. The fourth-order valence-electron chi connectivity index (χ4n) is 2.91. The zero-order chi connectivity index (χ0) is 20.8. The Morgan fingerprint density at radius 1 is 1.10 bits per heavy atom. The highest BCUT2D eigenvalue weighted by Gasteiger charge is 2.12. The number of para-hydroxylation sites is 1. The summed E-state index contributed by atoms with van der Waals surface area (Å²) in [6.07, 6.45) is 0.649. The van der Waals surface area contributed by atoms with Crippen molar-refractivity contribution in [3.05, 3.63) is 65.3 Å². The van der Waals surface area contributed by atoms with Gasteiger partial charge in [0.25, 0.3) is 0 Å². The fraction of sp³-hybridized carbons (Fsp3) is 0.150. The van der Waals surface area contributed by atoms with E-state index in [1.165, 1.54) is 7.11 Å². The minimum Gasteiger partial charge on any atom is -0.323 e. The SMILES string of the molecule is COOSNCCc1cc(Nc2n[nH]c3ccccc23)nc(-c2ccccc2Cl)n1. The molecule has 0 aliphatic rings. The molecule has 0 spiro atoms. The van der Waals surface area contributed by atoms with Crippen LogP contribution in [-0.4, -0.2) is 33.8 Å². The molecule has 10 heteroatoms. The van der Waals surface area contributed by atoms with E-state index in [4.69, 9.17) is 15.9 Å².